The summed E-state index contributed by atoms with van der Waals surface area (Å²) in [5.74, 6) is 0.673. The van der Waals surface area contributed by atoms with E-state index >= 15 is 0 Å². The van der Waals surface area contributed by atoms with Crippen molar-refractivity contribution in [3.05, 3.63) is 0 Å². The lowest BCUT2D eigenvalue weighted by Gasteiger charge is -2.25. The van der Waals surface area contributed by atoms with Gasteiger partial charge in [0.15, 0.2) is 0 Å². The van der Waals surface area contributed by atoms with E-state index in [4.69, 9.17) is 0 Å². The molecular formula is C10H23NO. The lowest BCUT2D eigenvalue weighted by molar-refractivity contribution is 0.0747. The van der Waals surface area contributed by atoms with E-state index in [1.165, 1.54) is 6.42 Å². The summed E-state index contributed by atoms with van der Waals surface area (Å²) in [6.45, 7) is 10.9. The maximum absolute atomic E-state index is 9.46. The minimum absolute atomic E-state index is 0.487. The summed E-state index contributed by atoms with van der Waals surface area (Å²) in [5, 5.41) is 12.8. The van der Waals surface area contributed by atoms with Gasteiger partial charge in [-0.3, -0.25) is 0 Å². The third-order valence-corrected chi connectivity index (χ3v) is 2.35. The van der Waals surface area contributed by atoms with Gasteiger partial charge < -0.3 is 10.4 Å². The molecule has 0 aromatic heterocycles. The number of hydrogen-bond donors (Lipinski definition) is 2. The van der Waals surface area contributed by atoms with Crippen LogP contribution in [0.15, 0.2) is 0 Å². The summed E-state index contributed by atoms with van der Waals surface area (Å²) >= 11 is 0. The molecular weight excluding hydrogens is 150 g/mol. The molecule has 2 N–H and O–H groups in total. The average Bonchev–Trinajstić information content (AvgIpc) is 1.97. The fraction of sp³-hybridized carbons (Fsp3) is 1.00. The van der Waals surface area contributed by atoms with Crippen molar-refractivity contribution in [2.45, 2.75) is 52.7 Å². The Morgan fingerprint density at radius 2 is 1.83 bits per heavy atom. The largest absolute Gasteiger partial charge is 0.389 e. The number of rotatable bonds is 5. The Balaban J connectivity index is 3.64. The lowest BCUT2D eigenvalue weighted by Crippen LogP contribution is -2.41. The van der Waals surface area contributed by atoms with Gasteiger partial charge in [0.05, 0.1) is 5.60 Å². The molecule has 0 saturated heterocycles. The molecule has 2 heteroatoms. The molecule has 12 heavy (non-hydrogen) atoms. The normalized spacial score (nSPS) is 17.5. The average molecular weight is 173 g/mol. The van der Waals surface area contributed by atoms with E-state index in [0.29, 0.717) is 18.5 Å². The van der Waals surface area contributed by atoms with E-state index in [9.17, 15) is 5.11 Å². The Morgan fingerprint density at radius 3 is 2.17 bits per heavy atom. The quantitative estimate of drug-likeness (QED) is 0.664. The van der Waals surface area contributed by atoms with Gasteiger partial charge in [-0.15, -0.1) is 0 Å². The molecule has 0 heterocycles. The minimum atomic E-state index is -0.596. The molecule has 0 aromatic carbocycles. The van der Waals surface area contributed by atoms with Gasteiger partial charge >= 0.3 is 0 Å². The van der Waals surface area contributed by atoms with Crippen molar-refractivity contribution in [3.63, 3.8) is 0 Å². The monoisotopic (exact) mass is 173 g/mol. The van der Waals surface area contributed by atoms with Crippen LogP contribution in [0.1, 0.15) is 41.0 Å². The highest BCUT2D eigenvalue weighted by atomic mass is 16.3. The third kappa shape index (κ3) is 5.56. The highest BCUT2D eigenvalue weighted by Gasteiger charge is 2.15. The van der Waals surface area contributed by atoms with E-state index in [0.717, 1.165) is 0 Å². The van der Waals surface area contributed by atoms with Crippen LogP contribution in [-0.4, -0.2) is 23.3 Å². The number of aliphatic hydroxyl groups is 1. The predicted molar refractivity (Wildman–Crippen MR) is 53.2 cm³/mol. The smallest absolute Gasteiger partial charge is 0.0715 e. The minimum Gasteiger partial charge on any atom is -0.389 e. The summed E-state index contributed by atoms with van der Waals surface area (Å²) in [4.78, 5) is 0. The van der Waals surface area contributed by atoms with E-state index in [2.05, 4.69) is 26.1 Å². The molecule has 2 atom stereocenters. The molecule has 0 rings (SSSR count). The lowest BCUT2D eigenvalue weighted by atomic mass is 10.00. The van der Waals surface area contributed by atoms with Crippen LogP contribution in [0, 0.1) is 5.92 Å². The maximum atomic E-state index is 9.46. The summed E-state index contributed by atoms with van der Waals surface area (Å²) in [7, 11) is 0. The molecule has 0 amide bonds. The summed E-state index contributed by atoms with van der Waals surface area (Å²) < 4.78 is 0. The fourth-order valence-electron chi connectivity index (χ4n) is 0.965. The van der Waals surface area contributed by atoms with Gasteiger partial charge in [0.1, 0.15) is 0 Å². The van der Waals surface area contributed by atoms with E-state index < -0.39 is 5.60 Å². The summed E-state index contributed by atoms with van der Waals surface area (Å²) in [6.07, 6.45) is 1.18. The van der Waals surface area contributed by atoms with Gasteiger partial charge in [0.2, 0.25) is 0 Å². The molecule has 0 saturated carbocycles. The third-order valence-electron chi connectivity index (χ3n) is 2.35. The zero-order valence-electron chi connectivity index (χ0n) is 9.02. The van der Waals surface area contributed by atoms with Gasteiger partial charge in [0, 0.05) is 12.6 Å². The van der Waals surface area contributed by atoms with Crippen LogP contribution in [0.2, 0.25) is 0 Å². The van der Waals surface area contributed by atoms with Crippen LogP contribution in [0.25, 0.3) is 0 Å². The second-order valence-corrected chi connectivity index (χ2v) is 4.37. The first-order valence-corrected chi connectivity index (χ1v) is 4.82. The Labute approximate surface area is 76.4 Å². The van der Waals surface area contributed by atoms with Crippen LogP contribution < -0.4 is 5.32 Å². The van der Waals surface area contributed by atoms with Gasteiger partial charge in [0.25, 0.3) is 0 Å². The Kier molecular flexibility index (Phi) is 4.80. The molecule has 0 spiro atoms. The summed E-state index contributed by atoms with van der Waals surface area (Å²) in [6, 6.07) is 0.487. The van der Waals surface area contributed by atoms with Crippen LogP contribution in [0.5, 0.6) is 0 Å². The number of hydrogen-bond acceptors (Lipinski definition) is 2. The van der Waals surface area contributed by atoms with Crippen molar-refractivity contribution in [2.75, 3.05) is 6.54 Å². The first-order valence-electron chi connectivity index (χ1n) is 4.82. The van der Waals surface area contributed by atoms with Gasteiger partial charge in [-0.05, 0) is 26.7 Å². The zero-order valence-corrected chi connectivity index (χ0v) is 9.02. The summed E-state index contributed by atoms with van der Waals surface area (Å²) in [5.41, 5.74) is -0.596. The van der Waals surface area contributed by atoms with Crippen LogP contribution in [0.4, 0.5) is 0 Å². The van der Waals surface area contributed by atoms with Crippen molar-refractivity contribution in [1.29, 1.82) is 0 Å². The first-order chi connectivity index (χ1) is 5.37. The van der Waals surface area contributed by atoms with Crippen molar-refractivity contribution >= 4 is 0 Å². The Morgan fingerprint density at radius 1 is 1.33 bits per heavy atom. The Bertz CT molecular complexity index is 117. The van der Waals surface area contributed by atoms with Crippen LogP contribution in [-0.2, 0) is 0 Å². The Hall–Kier alpha value is -0.0800. The van der Waals surface area contributed by atoms with Crippen LogP contribution >= 0.6 is 0 Å². The van der Waals surface area contributed by atoms with Crippen molar-refractivity contribution in [1.82, 2.24) is 5.32 Å². The molecule has 0 radical (unpaired) electrons. The standard InChI is InChI=1S/C10H23NO/c1-6-8(2)9(3)11-7-10(4,5)12/h8-9,11-12H,6-7H2,1-5H3. The molecule has 2 nitrogen and oxygen atoms in total. The van der Waals surface area contributed by atoms with E-state index in [-0.39, 0.29) is 0 Å². The maximum Gasteiger partial charge on any atom is 0.0715 e. The SMILES string of the molecule is CCC(C)C(C)NCC(C)(C)O. The molecule has 0 fully saturated rings. The molecule has 0 aliphatic rings. The second kappa shape index (κ2) is 4.83. The molecule has 0 bridgehead atoms. The van der Waals surface area contributed by atoms with Crippen LogP contribution in [0.3, 0.4) is 0 Å². The second-order valence-electron chi connectivity index (χ2n) is 4.37. The highest BCUT2D eigenvalue weighted by Crippen LogP contribution is 2.07. The molecule has 0 aromatic rings. The molecule has 0 aliphatic heterocycles. The highest BCUT2D eigenvalue weighted by molar-refractivity contribution is 4.74. The first kappa shape index (κ1) is 11.9. The van der Waals surface area contributed by atoms with Gasteiger partial charge in [-0.1, -0.05) is 20.3 Å². The van der Waals surface area contributed by atoms with Crippen molar-refractivity contribution < 1.29 is 5.11 Å². The predicted octanol–water partition coefficient (Wildman–Crippen LogP) is 1.78. The fourth-order valence-corrected chi connectivity index (χ4v) is 0.965. The molecule has 74 valence electrons. The topological polar surface area (TPSA) is 32.3 Å². The van der Waals surface area contributed by atoms with Crippen molar-refractivity contribution in [3.8, 4) is 0 Å². The van der Waals surface area contributed by atoms with Gasteiger partial charge in [-0.2, -0.15) is 0 Å². The van der Waals surface area contributed by atoms with E-state index in [1.54, 1.807) is 0 Å². The molecule has 2 unspecified atom stereocenters. The zero-order chi connectivity index (χ0) is 9.78. The van der Waals surface area contributed by atoms with Gasteiger partial charge in [-0.25, -0.2) is 0 Å². The van der Waals surface area contributed by atoms with Crippen molar-refractivity contribution in [2.24, 2.45) is 5.92 Å². The van der Waals surface area contributed by atoms with E-state index in [1.807, 2.05) is 13.8 Å². The number of nitrogens with one attached hydrogen (secondary N) is 1. The molecule has 0 aliphatic carbocycles.